The minimum absolute atomic E-state index is 0.241. The van der Waals surface area contributed by atoms with Gasteiger partial charge in [-0.1, -0.05) is 13.3 Å². The summed E-state index contributed by atoms with van der Waals surface area (Å²) in [6.07, 6.45) is 0.379. The predicted molar refractivity (Wildman–Crippen MR) is 51.0 cm³/mol. The molecule has 0 fully saturated rings. The Morgan fingerprint density at radius 2 is 1.71 bits per heavy atom. The van der Waals surface area contributed by atoms with Crippen LogP contribution in [0.25, 0.3) is 0 Å². The van der Waals surface area contributed by atoms with Gasteiger partial charge in [0.2, 0.25) is 0 Å². The number of hydrogen-bond acceptors (Lipinski definition) is 4. The first kappa shape index (κ1) is 12.7. The van der Waals surface area contributed by atoms with E-state index in [1.54, 1.807) is 6.92 Å². The number of unbranched alkanes of at least 4 members (excludes halogenated alkanes) is 1. The number of rotatable bonds is 4. The molecular weight excluding hydrogens is 186 g/mol. The van der Waals surface area contributed by atoms with Crippen molar-refractivity contribution < 1.29 is 19.1 Å². The molecular formula is C9H17NO4. The molecule has 0 saturated heterocycles. The molecule has 0 atom stereocenters. The summed E-state index contributed by atoms with van der Waals surface area (Å²) in [5.74, 6) is 0. The third kappa shape index (κ3) is 4.69. The maximum Gasteiger partial charge on any atom is 0.419 e. The Labute approximate surface area is 84.0 Å². The van der Waals surface area contributed by atoms with Gasteiger partial charge in [-0.05, 0) is 13.3 Å². The fourth-order valence-corrected chi connectivity index (χ4v) is 0.695. The molecule has 0 spiro atoms. The molecule has 0 heterocycles. The fourth-order valence-electron chi connectivity index (χ4n) is 0.695. The van der Waals surface area contributed by atoms with E-state index >= 15 is 0 Å². The molecule has 0 radical (unpaired) electrons. The number of imide groups is 1. The number of hydrogen-bond donors (Lipinski definition) is 0. The van der Waals surface area contributed by atoms with Crippen molar-refractivity contribution in [1.82, 2.24) is 4.90 Å². The summed E-state index contributed by atoms with van der Waals surface area (Å²) in [5, 5.41) is 0. The fraction of sp³-hybridized carbons (Fsp3) is 0.778. The molecule has 0 unspecified atom stereocenters. The molecule has 5 nitrogen and oxygen atoms in total. The molecule has 0 bridgehead atoms. The zero-order valence-corrected chi connectivity index (χ0v) is 8.91. The molecule has 0 N–H and O–H groups in total. The van der Waals surface area contributed by atoms with Crippen molar-refractivity contribution in [2.45, 2.75) is 26.7 Å². The van der Waals surface area contributed by atoms with Crippen molar-refractivity contribution in [3.63, 3.8) is 0 Å². The van der Waals surface area contributed by atoms with E-state index in [-0.39, 0.29) is 6.61 Å². The summed E-state index contributed by atoms with van der Waals surface area (Å²) < 4.78 is 9.42. The number of amides is 2. The van der Waals surface area contributed by atoms with Gasteiger partial charge in [0.1, 0.15) is 0 Å². The Bertz CT molecular complexity index is 193. The normalized spacial score (nSPS) is 9.36. The van der Waals surface area contributed by atoms with Gasteiger partial charge in [-0.25, -0.2) is 14.5 Å². The number of carbonyl (C=O) groups excluding carboxylic acids is 2. The van der Waals surface area contributed by atoms with Crippen molar-refractivity contribution in [2.24, 2.45) is 0 Å². The maximum absolute atomic E-state index is 11.1. The van der Waals surface area contributed by atoms with Gasteiger partial charge in [-0.15, -0.1) is 0 Å². The minimum atomic E-state index is -0.686. The van der Waals surface area contributed by atoms with E-state index < -0.39 is 12.2 Å². The van der Waals surface area contributed by atoms with Crippen LogP contribution in [0, 0.1) is 0 Å². The lowest BCUT2D eigenvalue weighted by molar-refractivity contribution is 0.0863. The molecule has 0 rings (SSSR count). The largest absolute Gasteiger partial charge is 0.449 e. The van der Waals surface area contributed by atoms with E-state index in [0.29, 0.717) is 6.61 Å². The van der Waals surface area contributed by atoms with Crippen molar-refractivity contribution in [1.29, 1.82) is 0 Å². The van der Waals surface area contributed by atoms with Crippen LogP contribution in [0.1, 0.15) is 26.7 Å². The number of ether oxygens (including phenoxy) is 2. The van der Waals surface area contributed by atoms with Crippen LogP contribution in [0.3, 0.4) is 0 Å². The molecule has 2 amide bonds. The lowest BCUT2D eigenvalue weighted by Gasteiger charge is -2.14. The van der Waals surface area contributed by atoms with E-state index in [1.165, 1.54) is 7.05 Å². The zero-order chi connectivity index (χ0) is 11.0. The topological polar surface area (TPSA) is 55.8 Å². The van der Waals surface area contributed by atoms with Crippen LogP contribution in [0.4, 0.5) is 9.59 Å². The van der Waals surface area contributed by atoms with E-state index in [0.717, 1.165) is 17.7 Å². The first-order chi connectivity index (χ1) is 6.63. The second-order valence-corrected chi connectivity index (χ2v) is 2.73. The second-order valence-electron chi connectivity index (χ2n) is 2.73. The van der Waals surface area contributed by atoms with Crippen LogP contribution in [0.2, 0.25) is 0 Å². The second kappa shape index (κ2) is 7.17. The van der Waals surface area contributed by atoms with Crippen molar-refractivity contribution in [3.05, 3.63) is 0 Å². The van der Waals surface area contributed by atoms with Gasteiger partial charge in [0, 0.05) is 7.05 Å². The predicted octanol–water partition coefficient (Wildman–Crippen LogP) is 2.01. The van der Waals surface area contributed by atoms with Crippen molar-refractivity contribution in [3.8, 4) is 0 Å². The van der Waals surface area contributed by atoms with Crippen molar-refractivity contribution in [2.75, 3.05) is 20.3 Å². The van der Waals surface area contributed by atoms with E-state index in [1.807, 2.05) is 6.92 Å². The lowest BCUT2D eigenvalue weighted by Crippen LogP contribution is -2.34. The third-order valence-electron chi connectivity index (χ3n) is 1.54. The molecule has 0 aromatic carbocycles. The maximum atomic E-state index is 11.1. The molecule has 0 aliphatic carbocycles. The number of carbonyl (C=O) groups is 2. The summed E-state index contributed by atoms with van der Waals surface area (Å²) in [6.45, 7) is 4.24. The van der Waals surface area contributed by atoms with Crippen LogP contribution < -0.4 is 0 Å². The Kier molecular flexibility index (Phi) is 6.53. The Morgan fingerprint density at radius 1 is 1.14 bits per heavy atom. The molecule has 0 aliphatic heterocycles. The van der Waals surface area contributed by atoms with Gasteiger partial charge in [0.05, 0.1) is 13.2 Å². The third-order valence-corrected chi connectivity index (χ3v) is 1.54. The standard InChI is InChI=1S/C9H17NO4/c1-4-6-7-14-9(12)10(3)8(11)13-5-2/h4-7H2,1-3H3. The Morgan fingerprint density at radius 3 is 2.21 bits per heavy atom. The summed E-state index contributed by atoms with van der Waals surface area (Å²) in [7, 11) is 1.33. The Hall–Kier alpha value is -1.26. The average molecular weight is 203 g/mol. The highest BCUT2D eigenvalue weighted by Gasteiger charge is 2.18. The molecule has 0 aliphatic rings. The highest BCUT2D eigenvalue weighted by Crippen LogP contribution is 1.96. The number of nitrogens with zero attached hydrogens (tertiary/aromatic N) is 1. The average Bonchev–Trinajstić information content (AvgIpc) is 2.17. The van der Waals surface area contributed by atoms with Crippen LogP contribution in [0.5, 0.6) is 0 Å². The van der Waals surface area contributed by atoms with Gasteiger partial charge < -0.3 is 9.47 Å². The highest BCUT2D eigenvalue weighted by molar-refractivity contribution is 5.87. The molecule has 0 saturated carbocycles. The molecule has 0 aromatic rings. The zero-order valence-electron chi connectivity index (χ0n) is 8.91. The summed E-state index contributed by atoms with van der Waals surface area (Å²) >= 11 is 0. The van der Waals surface area contributed by atoms with Crippen LogP contribution in [0.15, 0.2) is 0 Å². The van der Waals surface area contributed by atoms with Gasteiger partial charge in [-0.2, -0.15) is 0 Å². The molecule has 0 aromatic heterocycles. The quantitative estimate of drug-likeness (QED) is 0.656. The summed E-state index contributed by atoms with van der Waals surface area (Å²) in [6, 6.07) is 0. The SMILES string of the molecule is CCCCOC(=O)N(C)C(=O)OCC. The van der Waals surface area contributed by atoms with Crippen LogP contribution >= 0.6 is 0 Å². The van der Waals surface area contributed by atoms with E-state index in [2.05, 4.69) is 4.74 Å². The van der Waals surface area contributed by atoms with Gasteiger partial charge >= 0.3 is 12.2 Å². The first-order valence-electron chi connectivity index (χ1n) is 4.70. The minimum Gasteiger partial charge on any atom is -0.449 e. The van der Waals surface area contributed by atoms with Gasteiger partial charge in [0.25, 0.3) is 0 Å². The molecule has 14 heavy (non-hydrogen) atoms. The smallest absolute Gasteiger partial charge is 0.419 e. The summed E-state index contributed by atoms with van der Waals surface area (Å²) in [5.41, 5.74) is 0. The molecule has 5 heteroatoms. The van der Waals surface area contributed by atoms with E-state index in [4.69, 9.17) is 4.74 Å². The molecule has 82 valence electrons. The highest BCUT2D eigenvalue weighted by atomic mass is 16.6. The lowest BCUT2D eigenvalue weighted by atomic mass is 10.4. The monoisotopic (exact) mass is 203 g/mol. The Balaban J connectivity index is 3.80. The van der Waals surface area contributed by atoms with E-state index in [9.17, 15) is 9.59 Å². The van der Waals surface area contributed by atoms with Crippen molar-refractivity contribution >= 4 is 12.2 Å². The van der Waals surface area contributed by atoms with Crippen LogP contribution in [-0.4, -0.2) is 37.3 Å². The summed E-state index contributed by atoms with van der Waals surface area (Å²) in [4.78, 5) is 23.0. The first-order valence-corrected chi connectivity index (χ1v) is 4.70. The van der Waals surface area contributed by atoms with Crippen LogP contribution in [-0.2, 0) is 9.47 Å². The van der Waals surface area contributed by atoms with Gasteiger partial charge in [0.15, 0.2) is 0 Å². The van der Waals surface area contributed by atoms with Gasteiger partial charge in [-0.3, -0.25) is 0 Å².